The number of hydrogen-bond acceptors (Lipinski definition) is 4. The van der Waals surface area contributed by atoms with Gasteiger partial charge in [-0.3, -0.25) is 9.69 Å². The number of hydrogen-bond donors (Lipinski definition) is 1. The number of carboxylic acids is 1. The molecule has 0 bridgehead atoms. The van der Waals surface area contributed by atoms with Crippen molar-refractivity contribution in [3.8, 4) is 5.75 Å². The SMILES string of the molecule is COc1ccc(C(C)N2CCN(C(=O)c3ccc(C(=O)O)cc3)CC2)cc1. The number of carbonyl (C=O) groups excluding carboxylic acids is 1. The Labute approximate surface area is 159 Å². The lowest BCUT2D eigenvalue weighted by Crippen LogP contribution is -2.49. The molecule has 1 fully saturated rings. The van der Waals surface area contributed by atoms with Crippen LogP contribution >= 0.6 is 0 Å². The zero-order valence-electron chi connectivity index (χ0n) is 15.6. The van der Waals surface area contributed by atoms with Crippen LogP contribution in [0.4, 0.5) is 0 Å². The summed E-state index contributed by atoms with van der Waals surface area (Å²) in [5.74, 6) is -0.200. The summed E-state index contributed by atoms with van der Waals surface area (Å²) in [6, 6.07) is 14.4. The molecule has 1 atom stereocenters. The minimum absolute atomic E-state index is 0.0521. The summed E-state index contributed by atoms with van der Waals surface area (Å²) >= 11 is 0. The molecule has 1 heterocycles. The van der Waals surface area contributed by atoms with Gasteiger partial charge in [-0.1, -0.05) is 12.1 Å². The molecule has 1 aliphatic heterocycles. The maximum absolute atomic E-state index is 12.6. The highest BCUT2D eigenvalue weighted by atomic mass is 16.5. The Balaban J connectivity index is 1.58. The van der Waals surface area contributed by atoms with E-state index in [0.717, 1.165) is 18.8 Å². The Morgan fingerprint density at radius 3 is 2.00 bits per heavy atom. The van der Waals surface area contributed by atoms with Crippen molar-refractivity contribution >= 4 is 11.9 Å². The van der Waals surface area contributed by atoms with Crippen LogP contribution in [0.5, 0.6) is 5.75 Å². The van der Waals surface area contributed by atoms with E-state index in [4.69, 9.17) is 9.84 Å². The molecule has 0 aromatic heterocycles. The van der Waals surface area contributed by atoms with E-state index in [9.17, 15) is 9.59 Å². The lowest BCUT2D eigenvalue weighted by atomic mass is 10.1. The number of aromatic carboxylic acids is 1. The normalized spacial score (nSPS) is 16.0. The van der Waals surface area contributed by atoms with Gasteiger partial charge in [0.25, 0.3) is 5.91 Å². The highest BCUT2D eigenvalue weighted by Gasteiger charge is 2.25. The first-order valence-corrected chi connectivity index (χ1v) is 9.00. The van der Waals surface area contributed by atoms with Crippen LogP contribution < -0.4 is 4.74 Å². The number of rotatable bonds is 5. The minimum Gasteiger partial charge on any atom is -0.497 e. The van der Waals surface area contributed by atoms with Gasteiger partial charge in [-0.25, -0.2) is 4.79 Å². The average molecular weight is 368 g/mol. The third-order valence-corrected chi connectivity index (χ3v) is 5.13. The summed E-state index contributed by atoms with van der Waals surface area (Å²) in [5.41, 5.74) is 1.93. The lowest BCUT2D eigenvalue weighted by Gasteiger charge is -2.38. The van der Waals surface area contributed by atoms with Crippen molar-refractivity contribution in [2.75, 3.05) is 33.3 Å². The van der Waals surface area contributed by atoms with Gasteiger partial charge in [-0.05, 0) is 48.9 Å². The predicted octanol–water partition coefficient (Wildman–Crippen LogP) is 2.91. The quantitative estimate of drug-likeness (QED) is 0.879. The largest absolute Gasteiger partial charge is 0.497 e. The first-order chi connectivity index (χ1) is 13.0. The number of ether oxygens (including phenoxy) is 1. The molecule has 6 nitrogen and oxygen atoms in total. The number of carboxylic acid groups (broad SMARTS) is 1. The van der Waals surface area contributed by atoms with Crippen molar-refractivity contribution in [2.24, 2.45) is 0 Å². The number of carbonyl (C=O) groups is 2. The lowest BCUT2D eigenvalue weighted by molar-refractivity contribution is 0.0581. The summed E-state index contributed by atoms with van der Waals surface area (Å²) in [6.45, 7) is 5.07. The molecule has 0 aliphatic carbocycles. The molecule has 142 valence electrons. The summed E-state index contributed by atoms with van der Waals surface area (Å²) < 4.78 is 5.21. The monoisotopic (exact) mass is 368 g/mol. The van der Waals surface area contributed by atoms with E-state index in [1.807, 2.05) is 17.0 Å². The third-order valence-electron chi connectivity index (χ3n) is 5.13. The maximum Gasteiger partial charge on any atom is 0.335 e. The summed E-state index contributed by atoms with van der Waals surface area (Å²) in [4.78, 5) is 27.8. The first-order valence-electron chi connectivity index (χ1n) is 9.00. The number of benzene rings is 2. The first kappa shape index (κ1) is 18.9. The second-order valence-corrected chi connectivity index (χ2v) is 6.66. The fraction of sp³-hybridized carbons (Fsp3) is 0.333. The predicted molar refractivity (Wildman–Crippen MR) is 102 cm³/mol. The van der Waals surface area contributed by atoms with Crippen molar-refractivity contribution in [2.45, 2.75) is 13.0 Å². The molecule has 27 heavy (non-hydrogen) atoms. The van der Waals surface area contributed by atoms with E-state index in [0.29, 0.717) is 18.7 Å². The van der Waals surface area contributed by atoms with E-state index in [1.165, 1.54) is 17.7 Å². The second kappa shape index (κ2) is 8.22. The molecule has 1 unspecified atom stereocenters. The van der Waals surface area contributed by atoms with Crippen LogP contribution in [0.2, 0.25) is 0 Å². The van der Waals surface area contributed by atoms with Gasteiger partial charge in [0.05, 0.1) is 12.7 Å². The van der Waals surface area contributed by atoms with E-state index >= 15 is 0 Å². The molecule has 0 radical (unpaired) electrons. The molecule has 2 aromatic carbocycles. The minimum atomic E-state index is -0.991. The van der Waals surface area contributed by atoms with Crippen LogP contribution in [0, 0.1) is 0 Å². The number of amides is 1. The second-order valence-electron chi connectivity index (χ2n) is 6.66. The number of nitrogens with zero attached hydrogens (tertiary/aromatic N) is 2. The van der Waals surface area contributed by atoms with Gasteiger partial charge in [0.15, 0.2) is 0 Å². The van der Waals surface area contributed by atoms with Crippen LogP contribution in [0.15, 0.2) is 48.5 Å². The Morgan fingerprint density at radius 1 is 0.926 bits per heavy atom. The Morgan fingerprint density at radius 2 is 1.48 bits per heavy atom. The van der Waals surface area contributed by atoms with E-state index in [-0.39, 0.29) is 17.5 Å². The van der Waals surface area contributed by atoms with Gasteiger partial charge in [0.2, 0.25) is 0 Å². The molecule has 0 spiro atoms. The standard InChI is InChI=1S/C21H24N2O4/c1-15(16-7-9-19(27-2)10-8-16)22-11-13-23(14-12-22)20(24)17-3-5-18(6-4-17)21(25)26/h3-10,15H,11-14H2,1-2H3,(H,25,26). The number of methoxy groups -OCH3 is 1. The molecule has 1 N–H and O–H groups in total. The van der Waals surface area contributed by atoms with Gasteiger partial charge in [0, 0.05) is 37.8 Å². The van der Waals surface area contributed by atoms with Gasteiger partial charge in [-0.15, -0.1) is 0 Å². The van der Waals surface area contributed by atoms with Crippen LogP contribution in [0.1, 0.15) is 39.2 Å². The van der Waals surface area contributed by atoms with Crippen LogP contribution in [-0.2, 0) is 0 Å². The smallest absolute Gasteiger partial charge is 0.335 e. The third kappa shape index (κ3) is 4.28. The van der Waals surface area contributed by atoms with Gasteiger partial charge in [-0.2, -0.15) is 0 Å². The molecule has 1 amide bonds. The summed E-state index contributed by atoms with van der Waals surface area (Å²) in [6.07, 6.45) is 0. The van der Waals surface area contributed by atoms with Crippen LogP contribution in [0.3, 0.4) is 0 Å². The van der Waals surface area contributed by atoms with Crippen LogP contribution in [0.25, 0.3) is 0 Å². The molecular weight excluding hydrogens is 344 g/mol. The van der Waals surface area contributed by atoms with Crippen LogP contribution in [-0.4, -0.2) is 60.1 Å². The van der Waals surface area contributed by atoms with Crippen molar-refractivity contribution in [3.63, 3.8) is 0 Å². The molecule has 3 rings (SSSR count). The Bertz CT molecular complexity index is 794. The van der Waals surface area contributed by atoms with Gasteiger partial charge >= 0.3 is 5.97 Å². The topological polar surface area (TPSA) is 70.1 Å². The molecule has 1 saturated heterocycles. The van der Waals surface area contributed by atoms with Crippen molar-refractivity contribution in [1.29, 1.82) is 0 Å². The Kier molecular flexibility index (Phi) is 5.76. The maximum atomic E-state index is 12.6. The van der Waals surface area contributed by atoms with E-state index in [1.54, 1.807) is 19.2 Å². The average Bonchev–Trinajstić information content (AvgIpc) is 2.73. The highest BCUT2D eigenvalue weighted by molar-refractivity contribution is 5.96. The fourth-order valence-corrected chi connectivity index (χ4v) is 3.34. The van der Waals surface area contributed by atoms with Gasteiger partial charge < -0.3 is 14.7 Å². The van der Waals surface area contributed by atoms with E-state index in [2.05, 4.69) is 24.0 Å². The van der Waals surface area contributed by atoms with Crippen molar-refractivity contribution in [1.82, 2.24) is 9.80 Å². The highest BCUT2D eigenvalue weighted by Crippen LogP contribution is 2.24. The molecule has 1 aliphatic rings. The summed E-state index contributed by atoms with van der Waals surface area (Å²) in [7, 11) is 1.66. The zero-order valence-corrected chi connectivity index (χ0v) is 15.6. The number of piperazine rings is 1. The van der Waals surface area contributed by atoms with E-state index < -0.39 is 5.97 Å². The molecule has 2 aromatic rings. The Hall–Kier alpha value is -2.86. The van der Waals surface area contributed by atoms with Crippen molar-refractivity contribution < 1.29 is 19.4 Å². The molecular formula is C21H24N2O4. The van der Waals surface area contributed by atoms with Crippen molar-refractivity contribution in [3.05, 3.63) is 65.2 Å². The zero-order chi connectivity index (χ0) is 19.4. The summed E-state index contributed by atoms with van der Waals surface area (Å²) in [5, 5.41) is 8.96. The molecule has 0 saturated carbocycles. The molecule has 6 heteroatoms. The fourth-order valence-electron chi connectivity index (χ4n) is 3.34. The van der Waals surface area contributed by atoms with Gasteiger partial charge in [0.1, 0.15) is 5.75 Å².